The van der Waals surface area contributed by atoms with Crippen molar-refractivity contribution in [2.24, 2.45) is 22.9 Å². The Hall–Kier alpha value is -5.52. The molecular weight excluding hydrogens is 853 g/mol. The molecule has 3 aromatic carbocycles. The molecule has 1 aliphatic heterocycles. The predicted octanol–water partition coefficient (Wildman–Crippen LogP) is 8.23. The Bertz CT molecular complexity index is 2490. The first kappa shape index (κ1) is 47.4. The predicted molar refractivity (Wildman–Crippen MR) is 247 cm³/mol. The minimum Gasteiger partial charge on any atom is -0.497 e. The number of allylic oxidation sites excluding steroid dienone is 1. The van der Waals surface area contributed by atoms with Crippen molar-refractivity contribution >= 4 is 38.4 Å². The monoisotopic (exact) mass is 912 g/mol. The summed E-state index contributed by atoms with van der Waals surface area (Å²) < 4.78 is 63.4. The molecule has 16 heteroatoms. The summed E-state index contributed by atoms with van der Waals surface area (Å²) in [5.74, 6) is -1.22. The number of unbranched alkanes of at least 4 members (excludes halogenated alkanes) is 2. The Labute approximate surface area is 381 Å². The van der Waals surface area contributed by atoms with E-state index in [4.69, 9.17) is 28.5 Å². The fourth-order valence-electron chi connectivity index (χ4n) is 10.0. The molecule has 0 spiro atoms. The molecule has 348 valence electrons. The molecule has 1 aromatic heterocycles. The van der Waals surface area contributed by atoms with Gasteiger partial charge in [0.05, 0.1) is 49.7 Å². The zero-order valence-corrected chi connectivity index (χ0v) is 38.3. The molecule has 1 fully saturated rings. The van der Waals surface area contributed by atoms with Crippen LogP contribution >= 0.6 is 0 Å². The summed E-state index contributed by atoms with van der Waals surface area (Å²) in [6.07, 6.45) is 9.31. The molecule has 65 heavy (non-hydrogen) atoms. The second-order valence-corrected chi connectivity index (χ2v) is 18.3. The molecule has 1 amide bonds. The Morgan fingerprint density at radius 1 is 1.00 bits per heavy atom. The summed E-state index contributed by atoms with van der Waals surface area (Å²) in [5.41, 5.74) is 2.84. The second kappa shape index (κ2) is 21.2. The molecule has 0 bridgehead atoms. The zero-order valence-electron chi connectivity index (χ0n) is 37.5. The van der Waals surface area contributed by atoms with Crippen molar-refractivity contribution in [1.29, 1.82) is 0 Å². The van der Waals surface area contributed by atoms with E-state index >= 15 is 8.42 Å². The maximum Gasteiger partial charge on any atom is 0.417 e. The highest BCUT2D eigenvalue weighted by molar-refractivity contribution is 7.89. The van der Waals surface area contributed by atoms with Crippen molar-refractivity contribution in [3.05, 3.63) is 103 Å². The quantitative estimate of drug-likeness (QED) is 0.0414. The number of sulfonamides is 1. The van der Waals surface area contributed by atoms with Crippen LogP contribution in [-0.4, -0.2) is 99.2 Å². The van der Waals surface area contributed by atoms with Gasteiger partial charge in [-0.15, -0.1) is 6.58 Å². The Kier molecular flexibility index (Phi) is 15.5. The minimum absolute atomic E-state index is 0.0226. The van der Waals surface area contributed by atoms with Crippen LogP contribution in [0.3, 0.4) is 0 Å². The number of amides is 1. The van der Waals surface area contributed by atoms with E-state index in [1.54, 1.807) is 60.8 Å². The number of aromatic nitrogens is 1. The Balaban J connectivity index is 1.42. The topological polar surface area (TPSA) is 188 Å². The number of rotatable bonds is 21. The molecule has 3 N–H and O–H groups in total. The van der Waals surface area contributed by atoms with Crippen LogP contribution in [0, 0.1) is 17.8 Å². The number of aliphatic hydroxyl groups is 2. The first-order valence-electron chi connectivity index (χ1n) is 22.3. The lowest BCUT2D eigenvalue weighted by atomic mass is 9.55. The zero-order chi connectivity index (χ0) is 46.1. The maximum atomic E-state index is 15.4. The number of oxime groups is 1. The molecule has 3 aliphatic rings. The van der Waals surface area contributed by atoms with Gasteiger partial charge in [-0.1, -0.05) is 55.3 Å². The number of nitrogens with one attached hydrogen (secondary N) is 1. The Morgan fingerprint density at radius 2 is 1.77 bits per heavy atom. The van der Waals surface area contributed by atoms with Crippen molar-refractivity contribution in [2.75, 3.05) is 53.0 Å². The van der Waals surface area contributed by atoms with Crippen molar-refractivity contribution < 1.29 is 51.9 Å². The summed E-state index contributed by atoms with van der Waals surface area (Å²) in [6.45, 7) is 6.14. The van der Waals surface area contributed by atoms with Crippen LogP contribution in [0.1, 0.15) is 69.8 Å². The van der Waals surface area contributed by atoms with Crippen LogP contribution in [-0.2, 0) is 19.6 Å². The van der Waals surface area contributed by atoms with E-state index < -0.39 is 39.8 Å². The first-order valence-corrected chi connectivity index (χ1v) is 23.7. The van der Waals surface area contributed by atoms with E-state index in [0.717, 1.165) is 24.0 Å². The highest BCUT2D eigenvalue weighted by Gasteiger charge is 2.66. The van der Waals surface area contributed by atoms with Crippen LogP contribution < -0.4 is 24.3 Å². The van der Waals surface area contributed by atoms with Gasteiger partial charge in [-0.25, -0.2) is 13.2 Å². The third-order valence-corrected chi connectivity index (χ3v) is 14.6. The van der Waals surface area contributed by atoms with Crippen LogP contribution in [0.15, 0.2) is 107 Å². The largest absolute Gasteiger partial charge is 0.497 e. The molecule has 0 saturated heterocycles. The lowest BCUT2D eigenvalue weighted by Gasteiger charge is -2.59. The van der Waals surface area contributed by atoms with E-state index in [1.807, 2.05) is 25.1 Å². The van der Waals surface area contributed by atoms with Gasteiger partial charge in [0, 0.05) is 55.3 Å². The molecular formula is C49H60N4O11S. The maximum absolute atomic E-state index is 15.4. The van der Waals surface area contributed by atoms with Crippen LogP contribution in [0.25, 0.3) is 10.9 Å². The molecule has 2 heterocycles. The van der Waals surface area contributed by atoms with E-state index in [0.29, 0.717) is 71.7 Å². The number of anilines is 1. The van der Waals surface area contributed by atoms with Gasteiger partial charge in [0.1, 0.15) is 35.0 Å². The summed E-state index contributed by atoms with van der Waals surface area (Å²) in [6, 6.07) is 18.0. The number of aliphatic hydroxyl groups excluding tert-OH is 2. The third-order valence-electron chi connectivity index (χ3n) is 12.7. The summed E-state index contributed by atoms with van der Waals surface area (Å²) in [4.78, 5) is 23.7. The van der Waals surface area contributed by atoms with Crippen molar-refractivity contribution in [1.82, 2.24) is 9.29 Å². The number of fused-ring (bicyclic) bond motifs is 3. The normalized spacial score (nSPS) is 22.9. The van der Waals surface area contributed by atoms with E-state index in [1.165, 1.54) is 25.6 Å². The molecule has 2 aliphatic carbocycles. The third kappa shape index (κ3) is 9.59. The number of pyridine rings is 1. The molecule has 7 rings (SSSR count). The van der Waals surface area contributed by atoms with E-state index in [9.17, 15) is 15.0 Å². The molecule has 0 radical (unpaired) electrons. The Morgan fingerprint density at radius 3 is 2.49 bits per heavy atom. The van der Waals surface area contributed by atoms with Gasteiger partial charge in [0.25, 0.3) is 0 Å². The van der Waals surface area contributed by atoms with Gasteiger partial charge in [0.15, 0.2) is 0 Å². The summed E-state index contributed by atoms with van der Waals surface area (Å²) in [5, 5.41) is 28.0. The lowest BCUT2D eigenvalue weighted by Crippen LogP contribution is -2.70. The average molecular weight is 913 g/mol. The average Bonchev–Trinajstić information content (AvgIpc) is 3.31. The van der Waals surface area contributed by atoms with Crippen molar-refractivity contribution in [2.45, 2.75) is 80.9 Å². The number of hydrogen-bond acceptors (Lipinski definition) is 13. The second-order valence-electron chi connectivity index (χ2n) is 16.5. The number of benzene rings is 3. The van der Waals surface area contributed by atoms with E-state index in [2.05, 4.69) is 28.1 Å². The van der Waals surface area contributed by atoms with Gasteiger partial charge in [-0.3, -0.25) is 10.3 Å². The van der Waals surface area contributed by atoms with Crippen molar-refractivity contribution in [3.8, 4) is 23.0 Å². The smallest absolute Gasteiger partial charge is 0.417 e. The number of hydrogen-bond donors (Lipinski definition) is 3. The number of carbonyl (C=O) groups excluding carboxylic acids is 1. The molecule has 0 unspecified atom stereocenters. The van der Waals surface area contributed by atoms with Gasteiger partial charge in [-0.2, -0.15) is 4.31 Å². The van der Waals surface area contributed by atoms with E-state index in [-0.39, 0.29) is 55.3 Å². The van der Waals surface area contributed by atoms with Crippen LogP contribution in [0.2, 0.25) is 0 Å². The standard InChI is InChI=1S/C49H60N4O11S/c1-6-24-53(65(57,58)43-18-12-15-32-16-13-23-50-47(32)43)44-31-40(52-61-5)37-28-33(14-8-10-25-54)36(17-9-11-26-55)45-38-29-35(20-22-41(38)64-49(44,46(37)45)62-27-7-2)63-48(56)51-39-21-19-34(59-3)30-42(39)60-4/h7,12-13,15-16,18-23,28-30,33,36,44-46,54-55H,2,6,8-11,14,17,24-27,31H2,1,3-5H3,(H,51,56)/t33-,36+,44-,45+,46+,49+/m0/s1. The van der Waals surface area contributed by atoms with Gasteiger partial charge in [0.2, 0.25) is 15.8 Å². The minimum atomic E-state index is -4.32. The SMILES string of the molecule is C=CCO[C@@]12Oc3ccc(OC(=O)Nc4ccc(OC)cc4OC)cc3[C@H]3[C@H](CCCCO)[C@@H](CCCCO)C=C(C(=NOC)C[C@@H]1N(CCC)S(=O)(=O)c1cccc4cccnc14)[C@H]32. The summed E-state index contributed by atoms with van der Waals surface area (Å²) >= 11 is 0. The number of ether oxygens (including phenoxy) is 5. The fourth-order valence-corrected chi connectivity index (χ4v) is 11.9. The molecule has 6 atom stereocenters. The number of methoxy groups -OCH3 is 2. The first-order chi connectivity index (χ1) is 31.6. The van der Waals surface area contributed by atoms with Gasteiger partial charge >= 0.3 is 6.09 Å². The number of carbonyl (C=O) groups is 1. The van der Waals surface area contributed by atoms with Gasteiger partial charge in [-0.05, 0) is 92.0 Å². The lowest BCUT2D eigenvalue weighted by molar-refractivity contribution is -0.251. The molecule has 1 saturated carbocycles. The number of nitrogens with zero attached hydrogens (tertiary/aromatic N) is 3. The number of para-hydroxylation sites is 1. The van der Waals surface area contributed by atoms with Crippen LogP contribution in [0.4, 0.5) is 10.5 Å². The van der Waals surface area contributed by atoms with Gasteiger partial charge < -0.3 is 38.7 Å². The fraction of sp³-hybridized carbons (Fsp3) is 0.449. The molecule has 15 nitrogen and oxygen atoms in total. The highest BCUT2D eigenvalue weighted by Crippen LogP contribution is 2.62. The molecule has 4 aromatic rings. The highest BCUT2D eigenvalue weighted by atomic mass is 32.2. The van der Waals surface area contributed by atoms with Crippen LogP contribution in [0.5, 0.6) is 23.0 Å². The van der Waals surface area contributed by atoms with Crippen molar-refractivity contribution in [3.63, 3.8) is 0 Å². The summed E-state index contributed by atoms with van der Waals surface area (Å²) in [7, 11) is 0.186.